The largest absolute Gasteiger partial charge is 0.379 e. The fourth-order valence-corrected chi connectivity index (χ4v) is 1.92. The first-order chi connectivity index (χ1) is 8.29. The molecule has 0 aromatic rings. The van der Waals surface area contributed by atoms with Crippen LogP contribution < -0.4 is 10.6 Å². The number of ether oxygens (including phenoxy) is 1. The first-order valence-electron chi connectivity index (χ1n) is 6.49. The minimum atomic E-state index is -0.0350. The van der Waals surface area contributed by atoms with Gasteiger partial charge in [-0.2, -0.15) is 0 Å². The van der Waals surface area contributed by atoms with Crippen LogP contribution in [0.1, 0.15) is 26.7 Å². The number of carbonyl (C=O) groups excluding carboxylic acids is 1. The second-order valence-corrected chi connectivity index (χ2v) is 4.35. The highest BCUT2D eigenvalue weighted by Gasteiger charge is 2.33. The molecule has 0 spiro atoms. The molecule has 0 bridgehead atoms. The predicted molar refractivity (Wildman–Crippen MR) is 68.8 cm³/mol. The Morgan fingerprint density at radius 3 is 2.94 bits per heavy atom. The molecule has 1 saturated heterocycles. The summed E-state index contributed by atoms with van der Waals surface area (Å²) in [5.41, 5.74) is 0. The Hall–Kier alpha value is -0.870. The van der Waals surface area contributed by atoms with E-state index in [1.54, 1.807) is 0 Å². The van der Waals surface area contributed by atoms with Crippen molar-refractivity contribution < 1.29 is 9.53 Å². The van der Waals surface area contributed by atoms with E-state index in [0.717, 1.165) is 19.4 Å². The third-order valence-corrected chi connectivity index (χ3v) is 2.92. The van der Waals surface area contributed by atoms with Crippen LogP contribution in [0.4, 0.5) is 0 Å². The zero-order valence-corrected chi connectivity index (χ0v) is 10.9. The van der Waals surface area contributed by atoms with Crippen LogP contribution in [0.2, 0.25) is 0 Å². The van der Waals surface area contributed by atoms with Gasteiger partial charge in [0.2, 0.25) is 5.91 Å². The average Bonchev–Trinajstić information content (AvgIpc) is 2.80. The summed E-state index contributed by atoms with van der Waals surface area (Å²) >= 11 is 0. The van der Waals surface area contributed by atoms with Crippen LogP contribution >= 0.6 is 0 Å². The van der Waals surface area contributed by atoms with Crippen molar-refractivity contribution in [1.29, 1.82) is 0 Å². The van der Waals surface area contributed by atoms with Gasteiger partial charge in [0.25, 0.3) is 0 Å². The Morgan fingerprint density at radius 2 is 2.24 bits per heavy atom. The molecule has 0 aromatic heterocycles. The summed E-state index contributed by atoms with van der Waals surface area (Å²) in [6, 6.07) is 0.177. The van der Waals surface area contributed by atoms with E-state index in [-0.39, 0.29) is 17.9 Å². The minimum absolute atomic E-state index is 0.0350. The molecule has 0 radical (unpaired) electrons. The smallest absolute Gasteiger partial charge is 0.227 e. The molecule has 98 valence electrons. The maximum Gasteiger partial charge on any atom is 0.227 e. The zero-order chi connectivity index (χ0) is 12.5. The molecule has 1 fully saturated rings. The van der Waals surface area contributed by atoms with Gasteiger partial charge in [-0.05, 0) is 26.3 Å². The average molecular weight is 240 g/mol. The van der Waals surface area contributed by atoms with Gasteiger partial charge < -0.3 is 15.4 Å². The molecule has 1 amide bonds. The van der Waals surface area contributed by atoms with Crippen molar-refractivity contribution in [3.63, 3.8) is 0 Å². The number of hydrogen-bond donors (Lipinski definition) is 2. The van der Waals surface area contributed by atoms with Crippen LogP contribution in [0.25, 0.3) is 0 Å². The highest BCUT2D eigenvalue weighted by molar-refractivity contribution is 5.79. The second-order valence-electron chi connectivity index (χ2n) is 4.35. The highest BCUT2D eigenvalue weighted by atomic mass is 16.5. The summed E-state index contributed by atoms with van der Waals surface area (Å²) in [4.78, 5) is 11.9. The molecular weight excluding hydrogens is 216 g/mol. The molecule has 2 N–H and O–H groups in total. The van der Waals surface area contributed by atoms with Gasteiger partial charge in [0, 0.05) is 12.6 Å². The lowest BCUT2D eigenvalue weighted by Crippen LogP contribution is -2.44. The van der Waals surface area contributed by atoms with E-state index >= 15 is 0 Å². The Bertz CT molecular complexity index is 254. The van der Waals surface area contributed by atoms with Crippen molar-refractivity contribution in [3.8, 4) is 0 Å². The van der Waals surface area contributed by atoms with Gasteiger partial charge in [-0.3, -0.25) is 4.79 Å². The van der Waals surface area contributed by atoms with Crippen LogP contribution in [0.5, 0.6) is 0 Å². The van der Waals surface area contributed by atoms with Gasteiger partial charge >= 0.3 is 0 Å². The monoisotopic (exact) mass is 240 g/mol. The standard InChI is InChI=1S/C13H24N2O2/c1-3-5-6-8-15-13(16)11-9-17-10-12(11)14-7-4-2/h3,5,11-12,14H,4,6-10H2,1-2H3,(H,15,16)/b5-3+. The lowest BCUT2D eigenvalue weighted by atomic mass is 10.0. The number of hydrogen-bond acceptors (Lipinski definition) is 3. The fourth-order valence-electron chi connectivity index (χ4n) is 1.92. The van der Waals surface area contributed by atoms with Crippen molar-refractivity contribution in [2.24, 2.45) is 5.92 Å². The van der Waals surface area contributed by atoms with Crippen LogP contribution in [0, 0.1) is 5.92 Å². The molecule has 1 aliphatic rings. The quantitative estimate of drug-likeness (QED) is 0.517. The summed E-state index contributed by atoms with van der Waals surface area (Å²) in [6.45, 7) is 6.94. The van der Waals surface area contributed by atoms with Crippen LogP contribution in [0.3, 0.4) is 0 Å². The van der Waals surface area contributed by atoms with Gasteiger partial charge in [-0.25, -0.2) is 0 Å². The van der Waals surface area contributed by atoms with Gasteiger partial charge in [0.15, 0.2) is 0 Å². The van der Waals surface area contributed by atoms with Crippen molar-refractivity contribution in [2.45, 2.75) is 32.7 Å². The van der Waals surface area contributed by atoms with E-state index in [4.69, 9.17) is 4.74 Å². The van der Waals surface area contributed by atoms with Crippen molar-refractivity contribution in [3.05, 3.63) is 12.2 Å². The molecule has 4 nitrogen and oxygen atoms in total. The van der Waals surface area contributed by atoms with Crippen molar-refractivity contribution >= 4 is 5.91 Å². The predicted octanol–water partition coefficient (Wildman–Crippen LogP) is 1.08. The first kappa shape index (κ1) is 14.2. The fraction of sp³-hybridized carbons (Fsp3) is 0.769. The maximum absolute atomic E-state index is 11.9. The molecule has 0 aromatic carbocycles. The van der Waals surface area contributed by atoms with Crippen LogP contribution in [-0.4, -0.2) is 38.3 Å². The molecule has 0 aliphatic carbocycles. The highest BCUT2D eigenvalue weighted by Crippen LogP contribution is 2.13. The number of rotatable bonds is 7. The SMILES string of the molecule is C/C=C/CCNC(=O)C1COCC1NCCC. The summed E-state index contributed by atoms with van der Waals surface area (Å²) in [5, 5.41) is 6.32. The van der Waals surface area contributed by atoms with E-state index in [1.165, 1.54) is 0 Å². The number of carbonyl (C=O) groups is 1. The van der Waals surface area contributed by atoms with E-state index < -0.39 is 0 Å². The maximum atomic E-state index is 11.9. The summed E-state index contributed by atoms with van der Waals surface area (Å²) in [7, 11) is 0. The lowest BCUT2D eigenvalue weighted by molar-refractivity contribution is -0.125. The molecule has 2 unspecified atom stereocenters. The minimum Gasteiger partial charge on any atom is -0.379 e. The molecule has 1 rings (SSSR count). The Balaban J connectivity index is 2.28. The van der Waals surface area contributed by atoms with E-state index in [2.05, 4.69) is 23.6 Å². The molecular formula is C13H24N2O2. The number of amides is 1. The Morgan fingerprint density at radius 1 is 1.41 bits per heavy atom. The molecule has 0 saturated carbocycles. The molecule has 1 aliphatic heterocycles. The van der Waals surface area contributed by atoms with E-state index in [9.17, 15) is 4.79 Å². The third kappa shape index (κ3) is 4.88. The normalized spacial score (nSPS) is 24.4. The van der Waals surface area contributed by atoms with E-state index in [1.807, 2.05) is 13.0 Å². The van der Waals surface area contributed by atoms with Gasteiger partial charge in [0.1, 0.15) is 0 Å². The van der Waals surface area contributed by atoms with Gasteiger partial charge in [0.05, 0.1) is 19.1 Å². The Kier molecular flexibility index (Phi) is 6.89. The molecule has 2 atom stereocenters. The first-order valence-corrected chi connectivity index (χ1v) is 6.49. The van der Waals surface area contributed by atoms with Crippen molar-refractivity contribution in [1.82, 2.24) is 10.6 Å². The van der Waals surface area contributed by atoms with E-state index in [0.29, 0.717) is 19.8 Å². The van der Waals surface area contributed by atoms with Gasteiger partial charge in [-0.1, -0.05) is 19.1 Å². The van der Waals surface area contributed by atoms with Crippen LogP contribution in [-0.2, 0) is 9.53 Å². The number of nitrogens with one attached hydrogen (secondary N) is 2. The topological polar surface area (TPSA) is 50.4 Å². The summed E-state index contributed by atoms with van der Waals surface area (Å²) < 4.78 is 5.38. The summed E-state index contributed by atoms with van der Waals surface area (Å²) in [5.74, 6) is 0.0766. The summed E-state index contributed by atoms with van der Waals surface area (Å²) in [6.07, 6.45) is 6.02. The molecule has 4 heteroatoms. The second kappa shape index (κ2) is 8.25. The van der Waals surface area contributed by atoms with Crippen molar-refractivity contribution in [2.75, 3.05) is 26.3 Å². The molecule has 1 heterocycles. The Labute approximate surface area is 104 Å². The van der Waals surface area contributed by atoms with Crippen LogP contribution in [0.15, 0.2) is 12.2 Å². The van der Waals surface area contributed by atoms with Gasteiger partial charge in [-0.15, -0.1) is 0 Å². The number of allylic oxidation sites excluding steroid dienone is 1. The molecule has 17 heavy (non-hydrogen) atoms. The lowest BCUT2D eigenvalue weighted by Gasteiger charge is -2.18. The zero-order valence-electron chi connectivity index (χ0n) is 10.9. The third-order valence-electron chi connectivity index (χ3n) is 2.92.